The smallest absolute Gasteiger partial charge is 0.250 e. The molecule has 0 aliphatic heterocycles. The summed E-state index contributed by atoms with van der Waals surface area (Å²) in [5, 5.41) is 0.849. The molecule has 0 atom stereocenters. The average Bonchev–Trinajstić information content (AvgIpc) is 2.59. The summed E-state index contributed by atoms with van der Waals surface area (Å²) in [5.41, 5.74) is 2.56. The molecule has 2 nitrogen and oxygen atoms in total. The Bertz CT molecular complexity index is 760. The second kappa shape index (κ2) is 7.09. The molecule has 154 valence electrons. The van der Waals surface area contributed by atoms with Gasteiger partial charge in [-0.3, -0.25) is 0 Å². The SMILES string of the molecule is COC(=C1C2CC3CC(C2)CC1C3)c1cccc(O[Si](C)(C)C(C)(C)C)c1Cl. The zero-order valence-electron chi connectivity index (χ0n) is 18.3. The van der Waals surface area contributed by atoms with Crippen molar-refractivity contribution in [3.8, 4) is 5.75 Å². The van der Waals surface area contributed by atoms with Crippen LogP contribution in [0.25, 0.3) is 5.76 Å². The van der Waals surface area contributed by atoms with Crippen molar-refractivity contribution in [3.63, 3.8) is 0 Å². The van der Waals surface area contributed by atoms with Gasteiger partial charge in [0.15, 0.2) is 0 Å². The van der Waals surface area contributed by atoms with Crippen molar-refractivity contribution < 1.29 is 9.16 Å². The molecule has 4 saturated carbocycles. The Morgan fingerprint density at radius 1 is 1.00 bits per heavy atom. The normalized spacial score (nSPS) is 29.2. The molecule has 4 heteroatoms. The van der Waals surface area contributed by atoms with Gasteiger partial charge in [0.25, 0.3) is 8.32 Å². The molecule has 0 amide bonds. The van der Waals surface area contributed by atoms with Gasteiger partial charge in [0.05, 0.1) is 12.1 Å². The second-order valence-electron chi connectivity index (χ2n) is 10.8. The van der Waals surface area contributed by atoms with Gasteiger partial charge < -0.3 is 9.16 Å². The number of ether oxygens (including phenoxy) is 1. The molecule has 4 aliphatic rings. The van der Waals surface area contributed by atoms with Crippen molar-refractivity contribution >= 4 is 25.7 Å². The van der Waals surface area contributed by atoms with E-state index in [0.29, 0.717) is 16.9 Å². The van der Waals surface area contributed by atoms with E-state index in [1.807, 2.05) is 13.2 Å². The molecule has 28 heavy (non-hydrogen) atoms. The molecule has 5 rings (SSSR count). The van der Waals surface area contributed by atoms with Crippen molar-refractivity contribution in [1.82, 2.24) is 0 Å². The third kappa shape index (κ3) is 3.43. The summed E-state index contributed by atoms with van der Waals surface area (Å²) in [4.78, 5) is 0. The van der Waals surface area contributed by atoms with Gasteiger partial charge in [0.1, 0.15) is 11.5 Å². The first-order chi connectivity index (χ1) is 13.1. The Hall–Kier alpha value is -0.933. The van der Waals surface area contributed by atoms with E-state index in [1.165, 1.54) is 32.1 Å². The Kier molecular flexibility index (Phi) is 5.15. The van der Waals surface area contributed by atoms with Crippen LogP contribution < -0.4 is 4.43 Å². The molecule has 4 bridgehead atoms. The highest BCUT2D eigenvalue weighted by atomic mass is 35.5. The second-order valence-corrected chi connectivity index (χ2v) is 15.9. The summed E-state index contributed by atoms with van der Waals surface area (Å²) >= 11 is 6.93. The minimum Gasteiger partial charge on any atom is -0.542 e. The van der Waals surface area contributed by atoms with Gasteiger partial charge >= 0.3 is 0 Å². The summed E-state index contributed by atoms with van der Waals surface area (Å²) in [6.07, 6.45) is 6.82. The van der Waals surface area contributed by atoms with Crippen molar-refractivity contribution in [1.29, 1.82) is 0 Å². The molecule has 0 heterocycles. The van der Waals surface area contributed by atoms with Crippen LogP contribution in [0.4, 0.5) is 0 Å². The van der Waals surface area contributed by atoms with Crippen molar-refractivity contribution in [3.05, 3.63) is 34.4 Å². The fourth-order valence-electron chi connectivity index (χ4n) is 5.64. The van der Waals surface area contributed by atoms with E-state index in [1.54, 1.807) is 5.57 Å². The highest BCUT2D eigenvalue weighted by Crippen LogP contribution is 2.58. The van der Waals surface area contributed by atoms with Crippen LogP contribution >= 0.6 is 11.6 Å². The van der Waals surface area contributed by atoms with E-state index in [-0.39, 0.29) is 5.04 Å². The largest absolute Gasteiger partial charge is 0.542 e. The fourth-order valence-corrected chi connectivity index (χ4v) is 6.98. The van der Waals surface area contributed by atoms with Crippen LogP contribution in [0.1, 0.15) is 58.4 Å². The maximum absolute atomic E-state index is 6.93. The Morgan fingerprint density at radius 3 is 2.07 bits per heavy atom. The Labute approximate surface area is 176 Å². The molecule has 1 aromatic carbocycles. The monoisotopic (exact) mass is 418 g/mol. The van der Waals surface area contributed by atoms with Crippen LogP contribution in [0.15, 0.2) is 23.8 Å². The molecule has 0 unspecified atom stereocenters. The average molecular weight is 419 g/mol. The topological polar surface area (TPSA) is 18.5 Å². The zero-order valence-corrected chi connectivity index (χ0v) is 20.0. The number of benzene rings is 1. The first kappa shape index (κ1) is 20.3. The van der Waals surface area contributed by atoms with Crippen LogP contribution in [-0.4, -0.2) is 15.4 Å². The first-order valence-corrected chi connectivity index (χ1v) is 14.1. The van der Waals surface area contributed by atoms with Crippen LogP contribution in [0.5, 0.6) is 5.75 Å². The predicted molar refractivity (Wildman–Crippen MR) is 120 cm³/mol. The lowest BCUT2D eigenvalue weighted by Crippen LogP contribution is -2.44. The maximum Gasteiger partial charge on any atom is 0.250 e. The van der Waals surface area contributed by atoms with Gasteiger partial charge in [0, 0.05) is 5.56 Å². The molecular formula is C24H35ClO2Si. The van der Waals surface area contributed by atoms with E-state index >= 15 is 0 Å². The summed E-state index contributed by atoms with van der Waals surface area (Å²) in [6.45, 7) is 11.3. The summed E-state index contributed by atoms with van der Waals surface area (Å²) in [7, 11) is -0.141. The standard InChI is InChI=1S/C24H35ClO2Si/c1-24(2,3)28(5,6)27-20-9-7-8-19(22(20)25)23(26-4)21-17-11-15-10-16(13-17)14-18(21)12-15/h7-9,15-18H,10-14H2,1-6H3. The lowest BCUT2D eigenvalue weighted by Gasteiger charge is -2.51. The van der Waals surface area contributed by atoms with Gasteiger partial charge in [0.2, 0.25) is 0 Å². The van der Waals surface area contributed by atoms with Crippen LogP contribution in [0.2, 0.25) is 23.2 Å². The predicted octanol–water partition coefficient (Wildman–Crippen LogP) is 7.54. The minimum absolute atomic E-state index is 0.135. The van der Waals surface area contributed by atoms with E-state index in [2.05, 4.69) is 46.0 Å². The van der Waals surface area contributed by atoms with Crippen LogP contribution in [-0.2, 0) is 4.74 Å². The van der Waals surface area contributed by atoms with Crippen LogP contribution in [0.3, 0.4) is 0 Å². The molecule has 4 fully saturated rings. The highest BCUT2D eigenvalue weighted by molar-refractivity contribution is 6.74. The van der Waals surface area contributed by atoms with Crippen LogP contribution in [0, 0.1) is 23.7 Å². The lowest BCUT2D eigenvalue weighted by atomic mass is 9.54. The maximum atomic E-state index is 6.93. The molecule has 0 N–H and O–H groups in total. The zero-order chi connectivity index (χ0) is 20.3. The van der Waals surface area contributed by atoms with Gasteiger partial charge in [-0.25, -0.2) is 0 Å². The number of hydrogen-bond acceptors (Lipinski definition) is 2. The lowest BCUT2D eigenvalue weighted by molar-refractivity contribution is 0.0675. The van der Waals surface area contributed by atoms with Gasteiger partial charge in [-0.05, 0) is 91.6 Å². The Balaban J connectivity index is 1.73. The van der Waals surface area contributed by atoms with Crippen molar-refractivity contribution in [2.75, 3.05) is 7.11 Å². The minimum atomic E-state index is -1.95. The first-order valence-electron chi connectivity index (χ1n) is 10.9. The molecule has 1 aromatic rings. The fraction of sp³-hybridized carbons (Fsp3) is 0.667. The number of rotatable bonds is 4. The molecule has 0 aromatic heterocycles. The van der Waals surface area contributed by atoms with Gasteiger partial charge in [-0.2, -0.15) is 0 Å². The summed E-state index contributed by atoms with van der Waals surface area (Å²) < 4.78 is 12.6. The van der Waals surface area contributed by atoms with E-state index in [9.17, 15) is 0 Å². The molecule has 4 aliphatic carbocycles. The third-order valence-electron chi connectivity index (χ3n) is 7.86. The summed E-state index contributed by atoms with van der Waals surface area (Å²) in [6, 6.07) is 6.19. The molecule has 0 saturated heterocycles. The quantitative estimate of drug-likeness (QED) is 0.371. The third-order valence-corrected chi connectivity index (χ3v) is 12.6. The highest BCUT2D eigenvalue weighted by Gasteiger charge is 2.47. The molecule has 0 radical (unpaired) electrons. The number of hydrogen-bond donors (Lipinski definition) is 0. The molecule has 0 spiro atoms. The van der Waals surface area contributed by atoms with Gasteiger partial charge in [-0.15, -0.1) is 0 Å². The van der Waals surface area contributed by atoms with E-state index in [0.717, 1.165) is 28.9 Å². The van der Waals surface area contributed by atoms with Gasteiger partial charge in [-0.1, -0.05) is 38.4 Å². The van der Waals surface area contributed by atoms with Crippen molar-refractivity contribution in [2.45, 2.75) is 71.0 Å². The molecular weight excluding hydrogens is 384 g/mol. The number of halogens is 1. The van der Waals surface area contributed by atoms with E-state index in [4.69, 9.17) is 20.8 Å². The van der Waals surface area contributed by atoms with Crippen molar-refractivity contribution in [2.24, 2.45) is 23.7 Å². The number of allylic oxidation sites excluding steroid dienone is 1. The van der Waals surface area contributed by atoms with E-state index < -0.39 is 8.32 Å². The number of methoxy groups -OCH3 is 1. The summed E-state index contributed by atoms with van der Waals surface area (Å²) in [5.74, 6) is 5.09. The Morgan fingerprint density at radius 2 is 1.57 bits per heavy atom.